The number of hydrogen-bond acceptors (Lipinski definition) is 18. The van der Waals surface area contributed by atoms with Gasteiger partial charge in [0.15, 0.2) is 0 Å². The Balaban J connectivity index is 1.67. The lowest BCUT2D eigenvalue weighted by atomic mass is 10.1. The van der Waals surface area contributed by atoms with Gasteiger partial charge in [-0.1, -0.05) is 0 Å². The van der Waals surface area contributed by atoms with Crippen molar-refractivity contribution in [2.24, 2.45) is 5.73 Å². The number of amides is 1. The minimum atomic E-state index is -4.57. The molecule has 3 rings (SSSR count). The van der Waals surface area contributed by atoms with Crippen LogP contribution in [-0.2, 0) is 56.0 Å². The SMILES string of the molecule is COC1O[C@@H]2[C@H](O1)[C@@H](COP(=O)(OCOC(=O)OC(C)C)OCOC(=O)OC(C)C)O[C@H]2c1nc(C(N)=O)ns1. The molecule has 0 aromatic carbocycles. The van der Waals surface area contributed by atoms with E-state index in [1.165, 1.54) is 7.11 Å². The lowest BCUT2D eigenvalue weighted by molar-refractivity contribution is -0.252. The summed E-state index contributed by atoms with van der Waals surface area (Å²) in [4.78, 5) is 38.7. The summed E-state index contributed by atoms with van der Waals surface area (Å²) in [5.41, 5.74) is 5.23. The van der Waals surface area contributed by atoms with Gasteiger partial charge in [0.05, 0.1) is 18.8 Å². The van der Waals surface area contributed by atoms with E-state index < -0.39 is 89.3 Å². The van der Waals surface area contributed by atoms with Gasteiger partial charge in [-0.15, -0.1) is 0 Å². The highest BCUT2D eigenvalue weighted by Gasteiger charge is 2.55. The van der Waals surface area contributed by atoms with Gasteiger partial charge in [-0.2, -0.15) is 4.37 Å². The Bertz CT molecular complexity index is 1040. The van der Waals surface area contributed by atoms with Crippen LogP contribution in [0, 0.1) is 0 Å². The summed E-state index contributed by atoms with van der Waals surface area (Å²) in [5, 5.41) is 0.261. The van der Waals surface area contributed by atoms with E-state index in [1.54, 1.807) is 27.7 Å². The van der Waals surface area contributed by atoms with Crippen LogP contribution in [0.25, 0.3) is 0 Å². The van der Waals surface area contributed by atoms with Gasteiger partial charge in [0, 0.05) is 7.11 Å². The van der Waals surface area contributed by atoms with Gasteiger partial charge < -0.3 is 43.6 Å². The number of rotatable bonds is 14. The number of nitrogens with two attached hydrogens (primary N) is 1. The average molecular weight is 616 g/mol. The fourth-order valence-corrected chi connectivity index (χ4v) is 4.88. The number of carbonyl (C=O) groups is 3. The number of phosphoric acid groups is 1. The number of ether oxygens (including phenoxy) is 8. The van der Waals surface area contributed by atoms with Gasteiger partial charge in [0.1, 0.15) is 29.4 Å². The predicted octanol–water partition coefficient (Wildman–Crippen LogP) is 1.99. The first-order chi connectivity index (χ1) is 18.9. The fraction of sp³-hybridized carbons (Fsp3) is 0.750. The summed E-state index contributed by atoms with van der Waals surface area (Å²) in [7, 11) is -3.22. The van der Waals surface area contributed by atoms with E-state index in [0.29, 0.717) is 0 Å². The molecule has 1 aromatic heterocycles. The predicted molar refractivity (Wildman–Crippen MR) is 127 cm³/mol. The quantitative estimate of drug-likeness (QED) is 0.179. The number of primary amides is 1. The summed E-state index contributed by atoms with van der Waals surface area (Å²) in [6.07, 6.45) is -6.61. The van der Waals surface area contributed by atoms with E-state index in [1.807, 2.05) is 0 Å². The molecule has 2 aliphatic rings. The van der Waals surface area contributed by atoms with Crippen molar-refractivity contribution >= 4 is 37.6 Å². The highest BCUT2D eigenvalue weighted by Crippen LogP contribution is 2.51. The molecule has 2 saturated heterocycles. The largest absolute Gasteiger partial charge is 0.510 e. The molecule has 1 aromatic rings. The standard InChI is InChI=1S/C20H30N3O15PS/c1-9(2)34-18(25)29-7-32-39(27,33-8-30-19(26)35-10(3)4)31-6-11-12-13(38-20(28-5)37-12)14(36-11)17-22-16(15(21)24)23-40-17/h9-14,20H,6-8H2,1-5H3,(H2,21,24)/t11-,12-,13-,14-,20?/m1/s1. The van der Waals surface area contributed by atoms with Crippen molar-refractivity contribution in [3.8, 4) is 0 Å². The van der Waals surface area contributed by atoms with Crippen LogP contribution in [0.4, 0.5) is 9.59 Å². The van der Waals surface area contributed by atoms with E-state index in [4.69, 9.17) is 57.2 Å². The van der Waals surface area contributed by atoms with Crippen LogP contribution in [0.1, 0.15) is 49.4 Å². The summed E-state index contributed by atoms with van der Waals surface area (Å²) in [6, 6.07) is 0. The molecule has 2 N–H and O–H groups in total. The van der Waals surface area contributed by atoms with Crippen LogP contribution >= 0.6 is 19.4 Å². The summed E-state index contributed by atoms with van der Waals surface area (Å²) < 4.78 is 74.0. The molecule has 2 fully saturated rings. The van der Waals surface area contributed by atoms with Crippen LogP contribution < -0.4 is 5.73 Å². The van der Waals surface area contributed by atoms with Gasteiger partial charge in [-0.05, 0) is 39.2 Å². The van der Waals surface area contributed by atoms with E-state index >= 15 is 0 Å². The summed E-state index contributed by atoms with van der Waals surface area (Å²) in [5.74, 6) is -1.04. The molecule has 0 aliphatic carbocycles. The first kappa shape index (κ1) is 32.0. The smallest absolute Gasteiger partial charge is 0.432 e. The molecule has 0 saturated carbocycles. The van der Waals surface area contributed by atoms with Crippen molar-refractivity contribution in [3.63, 3.8) is 0 Å². The number of fused-ring (bicyclic) bond motifs is 1. The number of aromatic nitrogens is 2. The summed E-state index contributed by atoms with van der Waals surface area (Å²) >= 11 is 0.865. The molecule has 226 valence electrons. The van der Waals surface area contributed by atoms with Crippen molar-refractivity contribution in [2.45, 2.75) is 70.8 Å². The van der Waals surface area contributed by atoms with Crippen molar-refractivity contribution < 1.29 is 70.4 Å². The Hall–Kier alpha value is -2.48. The van der Waals surface area contributed by atoms with Crippen LogP contribution in [0.2, 0.25) is 0 Å². The molecule has 2 aliphatic heterocycles. The maximum absolute atomic E-state index is 13.3. The summed E-state index contributed by atoms with van der Waals surface area (Å²) in [6.45, 7) is 3.03. The minimum Gasteiger partial charge on any atom is -0.432 e. The second kappa shape index (κ2) is 14.4. The van der Waals surface area contributed by atoms with Gasteiger partial charge in [0.2, 0.25) is 19.4 Å². The zero-order valence-electron chi connectivity index (χ0n) is 22.1. The first-order valence-electron chi connectivity index (χ1n) is 11.7. The third-order valence-corrected chi connectivity index (χ3v) is 6.86. The van der Waals surface area contributed by atoms with E-state index in [-0.39, 0.29) is 10.8 Å². The zero-order valence-corrected chi connectivity index (χ0v) is 23.8. The van der Waals surface area contributed by atoms with E-state index in [9.17, 15) is 18.9 Å². The van der Waals surface area contributed by atoms with Crippen molar-refractivity contribution in [2.75, 3.05) is 27.3 Å². The Morgan fingerprint density at radius 2 is 1.52 bits per heavy atom. The molecule has 5 atom stereocenters. The van der Waals surface area contributed by atoms with Crippen LogP contribution in [0.15, 0.2) is 0 Å². The highest BCUT2D eigenvalue weighted by molar-refractivity contribution is 7.48. The molecule has 18 nitrogen and oxygen atoms in total. The Labute approximate surface area is 232 Å². The monoisotopic (exact) mass is 615 g/mol. The molecule has 1 amide bonds. The van der Waals surface area contributed by atoms with Crippen molar-refractivity contribution in [1.29, 1.82) is 0 Å². The molecule has 0 bridgehead atoms. The molecule has 40 heavy (non-hydrogen) atoms. The number of nitrogens with zero attached hydrogens (tertiary/aromatic N) is 2. The van der Waals surface area contributed by atoms with Gasteiger partial charge in [0.25, 0.3) is 12.4 Å². The minimum absolute atomic E-state index is 0.208. The second-order valence-electron chi connectivity index (χ2n) is 8.50. The maximum atomic E-state index is 13.3. The third kappa shape index (κ3) is 9.02. The molecular weight excluding hydrogens is 585 g/mol. The van der Waals surface area contributed by atoms with Crippen LogP contribution in [-0.4, -0.2) is 91.9 Å². The highest BCUT2D eigenvalue weighted by atomic mass is 32.1. The number of hydrogen-bond donors (Lipinski definition) is 1. The van der Waals surface area contributed by atoms with E-state index in [0.717, 1.165) is 11.5 Å². The molecule has 1 unspecified atom stereocenters. The molecule has 3 heterocycles. The topological polar surface area (TPSA) is 222 Å². The van der Waals surface area contributed by atoms with Crippen LogP contribution in [0.5, 0.6) is 0 Å². The third-order valence-electron chi connectivity index (χ3n) is 4.78. The molecule has 0 radical (unpaired) electrons. The van der Waals surface area contributed by atoms with E-state index in [2.05, 4.69) is 9.36 Å². The molecule has 0 spiro atoms. The van der Waals surface area contributed by atoms with Crippen molar-refractivity contribution in [3.05, 3.63) is 10.8 Å². The zero-order chi connectivity index (χ0) is 29.4. The van der Waals surface area contributed by atoms with Crippen LogP contribution in [0.3, 0.4) is 0 Å². The number of methoxy groups -OCH3 is 1. The number of phosphoric ester groups is 1. The lowest BCUT2D eigenvalue weighted by Gasteiger charge is -2.22. The van der Waals surface area contributed by atoms with Gasteiger partial charge in [-0.3, -0.25) is 9.32 Å². The Morgan fingerprint density at radius 1 is 0.950 bits per heavy atom. The maximum Gasteiger partial charge on any atom is 0.510 e. The second-order valence-corrected chi connectivity index (χ2v) is 11.0. The Morgan fingerprint density at radius 3 is 2.02 bits per heavy atom. The average Bonchev–Trinajstić information content (AvgIpc) is 3.57. The molecule has 20 heteroatoms. The van der Waals surface area contributed by atoms with Gasteiger partial charge >= 0.3 is 20.1 Å². The first-order valence-corrected chi connectivity index (χ1v) is 14.0. The normalized spacial score (nSPS) is 24.2. The lowest BCUT2D eigenvalue weighted by Crippen LogP contribution is -2.32. The van der Waals surface area contributed by atoms with Gasteiger partial charge in [-0.25, -0.2) is 28.2 Å². The fourth-order valence-electron chi connectivity index (χ4n) is 3.23. The number of carbonyl (C=O) groups excluding carboxylic acids is 3. The van der Waals surface area contributed by atoms with Crippen molar-refractivity contribution in [1.82, 2.24) is 9.36 Å². The Kier molecular flexibility index (Phi) is 11.6. The molecular formula is C20H30N3O15PS.